The van der Waals surface area contributed by atoms with E-state index in [4.69, 9.17) is 9.97 Å². The van der Waals surface area contributed by atoms with Crippen LogP contribution in [0.2, 0.25) is 0 Å². The normalized spacial score (nSPS) is 19.3. The van der Waals surface area contributed by atoms with Crippen molar-refractivity contribution < 1.29 is 4.79 Å². The molecule has 2 aliphatic rings. The molecule has 0 saturated carbocycles. The maximum atomic E-state index is 13.2. The molecule has 196 valence electrons. The van der Waals surface area contributed by atoms with Gasteiger partial charge in [0.1, 0.15) is 12.1 Å². The Bertz CT molecular complexity index is 1140. The van der Waals surface area contributed by atoms with Crippen molar-refractivity contribution in [3.63, 3.8) is 0 Å². The molecular formula is C29H39N7O. The monoisotopic (exact) mass is 501 g/mol. The van der Waals surface area contributed by atoms with E-state index in [1.54, 1.807) is 12.5 Å². The van der Waals surface area contributed by atoms with Crippen LogP contribution in [0, 0.1) is 0 Å². The maximum Gasteiger partial charge on any atom is 0.237 e. The molecule has 4 heterocycles. The van der Waals surface area contributed by atoms with Crippen molar-refractivity contribution in [2.45, 2.75) is 76.9 Å². The molecule has 3 aromatic rings. The molecule has 8 nitrogen and oxygen atoms in total. The molecule has 1 amide bonds. The number of amides is 1. The highest BCUT2D eigenvalue weighted by molar-refractivity contribution is 5.77. The van der Waals surface area contributed by atoms with Gasteiger partial charge in [-0.05, 0) is 43.6 Å². The molecule has 2 fully saturated rings. The van der Waals surface area contributed by atoms with Gasteiger partial charge >= 0.3 is 0 Å². The number of imidazole rings is 1. The van der Waals surface area contributed by atoms with Crippen LogP contribution in [0.25, 0.3) is 5.95 Å². The maximum absolute atomic E-state index is 13.2. The fourth-order valence-corrected chi connectivity index (χ4v) is 5.47. The highest BCUT2D eigenvalue weighted by Gasteiger charge is 2.28. The summed E-state index contributed by atoms with van der Waals surface area (Å²) < 4.78 is 1.85. The Labute approximate surface area is 220 Å². The molecule has 8 heteroatoms. The number of piperidine rings is 2. The van der Waals surface area contributed by atoms with Gasteiger partial charge in [-0.15, -0.1) is 0 Å². The Morgan fingerprint density at radius 1 is 1.05 bits per heavy atom. The summed E-state index contributed by atoms with van der Waals surface area (Å²) in [5.74, 6) is 1.98. The van der Waals surface area contributed by atoms with Crippen LogP contribution >= 0.6 is 0 Å². The van der Waals surface area contributed by atoms with Crippen molar-refractivity contribution in [3.8, 4) is 5.95 Å². The van der Waals surface area contributed by atoms with E-state index in [2.05, 4.69) is 70.3 Å². The predicted octanol–water partition coefficient (Wildman–Crippen LogP) is 4.32. The van der Waals surface area contributed by atoms with E-state index in [1.807, 2.05) is 10.8 Å². The summed E-state index contributed by atoms with van der Waals surface area (Å²) in [6.45, 7) is 8.23. The minimum atomic E-state index is 0.150. The number of rotatable bonds is 8. The summed E-state index contributed by atoms with van der Waals surface area (Å²) in [5.41, 5.74) is 2.36. The number of hydrogen-bond donors (Lipinski definition) is 1. The molecule has 2 aromatic heterocycles. The van der Waals surface area contributed by atoms with Crippen LogP contribution in [0.5, 0.6) is 0 Å². The number of benzene rings is 1. The Balaban J connectivity index is 1.20. The molecule has 1 aromatic carbocycles. The van der Waals surface area contributed by atoms with E-state index >= 15 is 0 Å². The van der Waals surface area contributed by atoms with E-state index < -0.39 is 0 Å². The minimum Gasteiger partial charge on any atom is -0.353 e. The summed E-state index contributed by atoms with van der Waals surface area (Å²) in [7, 11) is 0. The Kier molecular flexibility index (Phi) is 8.14. The van der Waals surface area contributed by atoms with Gasteiger partial charge in [-0.2, -0.15) is 4.98 Å². The first-order valence-electron chi connectivity index (χ1n) is 13.7. The minimum absolute atomic E-state index is 0.150. The molecule has 0 bridgehead atoms. The van der Waals surface area contributed by atoms with Crippen molar-refractivity contribution in [2.75, 3.05) is 24.5 Å². The number of nitrogens with zero attached hydrogens (tertiary/aromatic N) is 6. The SMILES string of the molecule is CC(C)c1cc(N2CCCCC2CC(=O)NC2CCN(Cc3ccccc3)CC2)nc(-n2ccnc2)n1. The summed E-state index contributed by atoms with van der Waals surface area (Å²) in [6.07, 6.45) is 11.1. The van der Waals surface area contributed by atoms with Crippen molar-refractivity contribution in [3.05, 3.63) is 66.4 Å². The highest BCUT2D eigenvalue weighted by Crippen LogP contribution is 2.28. The van der Waals surface area contributed by atoms with Crippen molar-refractivity contribution in [1.29, 1.82) is 0 Å². The van der Waals surface area contributed by atoms with Crippen molar-refractivity contribution in [1.82, 2.24) is 29.7 Å². The largest absolute Gasteiger partial charge is 0.353 e. The lowest BCUT2D eigenvalue weighted by Gasteiger charge is -2.37. The van der Waals surface area contributed by atoms with Crippen LogP contribution in [0.4, 0.5) is 5.82 Å². The lowest BCUT2D eigenvalue weighted by atomic mass is 9.97. The summed E-state index contributed by atoms with van der Waals surface area (Å²) in [6, 6.07) is 13.1. The Morgan fingerprint density at radius 3 is 2.59 bits per heavy atom. The molecular weight excluding hydrogens is 462 g/mol. The van der Waals surface area contributed by atoms with Gasteiger partial charge in [0.2, 0.25) is 11.9 Å². The van der Waals surface area contributed by atoms with Crippen LogP contribution < -0.4 is 10.2 Å². The molecule has 5 rings (SSSR count). The average Bonchev–Trinajstić information content (AvgIpc) is 3.46. The molecule has 0 spiro atoms. The highest BCUT2D eigenvalue weighted by atomic mass is 16.1. The average molecular weight is 502 g/mol. The fourth-order valence-electron chi connectivity index (χ4n) is 5.47. The van der Waals surface area contributed by atoms with Gasteiger partial charge < -0.3 is 10.2 Å². The molecule has 37 heavy (non-hydrogen) atoms. The van der Waals surface area contributed by atoms with Crippen LogP contribution in [0.3, 0.4) is 0 Å². The number of carbonyl (C=O) groups is 1. The van der Waals surface area contributed by atoms with E-state index in [-0.39, 0.29) is 23.9 Å². The van der Waals surface area contributed by atoms with E-state index in [9.17, 15) is 4.79 Å². The first kappa shape index (κ1) is 25.4. The lowest BCUT2D eigenvalue weighted by molar-refractivity contribution is -0.122. The second-order valence-electron chi connectivity index (χ2n) is 10.7. The zero-order valence-corrected chi connectivity index (χ0v) is 22.1. The number of hydrogen-bond acceptors (Lipinski definition) is 6. The smallest absolute Gasteiger partial charge is 0.237 e. The van der Waals surface area contributed by atoms with Gasteiger partial charge in [0.15, 0.2) is 0 Å². The molecule has 2 aliphatic heterocycles. The van der Waals surface area contributed by atoms with Crippen molar-refractivity contribution in [2.24, 2.45) is 0 Å². The Hall–Kier alpha value is -3.26. The zero-order chi connectivity index (χ0) is 25.6. The van der Waals surface area contributed by atoms with Crippen LogP contribution in [0.1, 0.15) is 69.5 Å². The lowest BCUT2D eigenvalue weighted by Crippen LogP contribution is -2.47. The van der Waals surface area contributed by atoms with E-state index in [0.29, 0.717) is 12.4 Å². The summed E-state index contributed by atoms with van der Waals surface area (Å²) in [4.78, 5) is 31.8. The Morgan fingerprint density at radius 2 is 1.86 bits per heavy atom. The van der Waals surface area contributed by atoms with Gasteiger partial charge in [0.25, 0.3) is 0 Å². The second-order valence-corrected chi connectivity index (χ2v) is 10.7. The predicted molar refractivity (Wildman–Crippen MR) is 146 cm³/mol. The number of anilines is 1. The second kappa shape index (κ2) is 11.9. The fraction of sp³-hybridized carbons (Fsp3) is 0.517. The number of aromatic nitrogens is 4. The van der Waals surface area contributed by atoms with Gasteiger partial charge in [-0.3, -0.25) is 14.3 Å². The third-order valence-corrected chi connectivity index (χ3v) is 7.59. The zero-order valence-electron chi connectivity index (χ0n) is 22.1. The van der Waals surface area contributed by atoms with Gasteiger partial charge in [-0.1, -0.05) is 44.2 Å². The van der Waals surface area contributed by atoms with E-state index in [1.165, 1.54) is 5.56 Å². The third-order valence-electron chi connectivity index (χ3n) is 7.59. The topological polar surface area (TPSA) is 79.2 Å². The van der Waals surface area contributed by atoms with Gasteiger partial charge in [0.05, 0.1) is 5.69 Å². The quantitative estimate of drug-likeness (QED) is 0.495. The first-order chi connectivity index (χ1) is 18.0. The standard InChI is InChI=1S/C29H39N7O/c1-22(2)26-19-27(33-29(32-26)35-17-13-30-21-35)36-14-7-6-10-25(36)18-28(37)31-24-11-15-34(16-12-24)20-23-8-4-3-5-9-23/h3-5,8-9,13,17,19,21-22,24-25H,6-7,10-12,14-16,18,20H2,1-2H3,(H,31,37). The third kappa shape index (κ3) is 6.55. The summed E-state index contributed by atoms with van der Waals surface area (Å²) >= 11 is 0. The van der Waals surface area contributed by atoms with Crippen LogP contribution in [-0.2, 0) is 11.3 Å². The number of likely N-dealkylation sites (tertiary alicyclic amines) is 1. The van der Waals surface area contributed by atoms with Crippen molar-refractivity contribution >= 4 is 11.7 Å². The van der Waals surface area contributed by atoms with Crippen LogP contribution in [-0.4, -0.2) is 62.0 Å². The first-order valence-corrected chi connectivity index (χ1v) is 13.7. The molecule has 0 aliphatic carbocycles. The molecule has 1 atom stereocenters. The van der Waals surface area contributed by atoms with E-state index in [0.717, 1.165) is 69.8 Å². The number of nitrogens with one attached hydrogen (secondary N) is 1. The number of carbonyl (C=O) groups excluding carboxylic acids is 1. The van der Waals surface area contributed by atoms with Gasteiger partial charge in [-0.25, -0.2) is 9.97 Å². The van der Waals surface area contributed by atoms with Gasteiger partial charge in [0, 0.05) is 63.1 Å². The molecule has 1 unspecified atom stereocenters. The van der Waals surface area contributed by atoms with Crippen LogP contribution in [0.15, 0.2) is 55.1 Å². The molecule has 1 N–H and O–H groups in total. The summed E-state index contributed by atoms with van der Waals surface area (Å²) in [5, 5.41) is 3.35. The molecule has 0 radical (unpaired) electrons. The molecule has 2 saturated heterocycles.